The van der Waals surface area contributed by atoms with Crippen molar-refractivity contribution in [1.82, 2.24) is 4.31 Å². The Morgan fingerprint density at radius 3 is 2.33 bits per heavy atom. The summed E-state index contributed by atoms with van der Waals surface area (Å²) < 4.78 is 29.4. The molecular formula is C25H21BClNO4S. The van der Waals surface area contributed by atoms with E-state index in [9.17, 15) is 18.3 Å². The Morgan fingerprint density at radius 2 is 1.70 bits per heavy atom. The SMILES string of the molecule is [B]c1cccc(C2CC=C(C(=O)O)C(c3cccc(Cl)c3)N2S(=O)(=O)c2ccc(C)cc2)c1. The summed E-state index contributed by atoms with van der Waals surface area (Å²) in [6.45, 7) is 1.87. The van der Waals surface area contributed by atoms with Gasteiger partial charge in [-0.3, -0.25) is 0 Å². The first-order chi connectivity index (χ1) is 15.7. The van der Waals surface area contributed by atoms with E-state index >= 15 is 0 Å². The van der Waals surface area contributed by atoms with Crippen LogP contribution in [0.15, 0.2) is 89.3 Å². The second kappa shape index (κ2) is 9.18. The van der Waals surface area contributed by atoms with Gasteiger partial charge in [0.2, 0.25) is 10.0 Å². The molecule has 0 spiro atoms. The highest BCUT2D eigenvalue weighted by molar-refractivity contribution is 7.89. The maximum atomic E-state index is 14.0. The predicted octanol–water partition coefficient (Wildman–Crippen LogP) is 4.33. The van der Waals surface area contributed by atoms with Crippen LogP contribution in [0.5, 0.6) is 0 Å². The minimum atomic E-state index is -4.12. The molecule has 3 aromatic carbocycles. The highest BCUT2D eigenvalue weighted by Gasteiger charge is 2.44. The highest BCUT2D eigenvalue weighted by atomic mass is 35.5. The van der Waals surface area contributed by atoms with Crippen LogP contribution in [0.25, 0.3) is 0 Å². The van der Waals surface area contributed by atoms with Crippen molar-refractivity contribution >= 4 is 40.9 Å². The molecular weight excluding hydrogens is 457 g/mol. The van der Waals surface area contributed by atoms with Crippen molar-refractivity contribution in [2.45, 2.75) is 30.3 Å². The zero-order valence-corrected chi connectivity index (χ0v) is 19.4. The molecule has 33 heavy (non-hydrogen) atoms. The van der Waals surface area contributed by atoms with Gasteiger partial charge < -0.3 is 5.11 Å². The van der Waals surface area contributed by atoms with E-state index in [1.54, 1.807) is 66.7 Å². The molecule has 4 rings (SSSR count). The lowest BCUT2D eigenvalue weighted by Crippen LogP contribution is -2.42. The highest BCUT2D eigenvalue weighted by Crippen LogP contribution is 2.45. The van der Waals surface area contributed by atoms with E-state index in [1.165, 1.54) is 16.4 Å². The summed E-state index contributed by atoms with van der Waals surface area (Å²) in [6.07, 6.45) is 1.77. The number of rotatable bonds is 5. The van der Waals surface area contributed by atoms with Crippen molar-refractivity contribution in [2.24, 2.45) is 0 Å². The van der Waals surface area contributed by atoms with E-state index in [0.717, 1.165) is 5.56 Å². The van der Waals surface area contributed by atoms with E-state index in [1.807, 2.05) is 6.92 Å². The lowest BCUT2D eigenvalue weighted by molar-refractivity contribution is -0.133. The number of aryl methyl sites for hydroxylation is 1. The van der Waals surface area contributed by atoms with Gasteiger partial charge in [-0.25, -0.2) is 13.2 Å². The Balaban J connectivity index is 1.98. The summed E-state index contributed by atoms with van der Waals surface area (Å²) in [5.74, 6) is -1.19. The molecule has 3 aromatic rings. The zero-order valence-electron chi connectivity index (χ0n) is 17.9. The number of aliphatic carboxylic acids is 1. The van der Waals surface area contributed by atoms with Crippen molar-refractivity contribution in [3.63, 3.8) is 0 Å². The van der Waals surface area contributed by atoms with Crippen LogP contribution in [0, 0.1) is 6.92 Å². The summed E-state index contributed by atoms with van der Waals surface area (Å²) in [7, 11) is 1.87. The van der Waals surface area contributed by atoms with Gasteiger partial charge in [0.05, 0.1) is 22.6 Å². The van der Waals surface area contributed by atoms with Crippen LogP contribution in [0.3, 0.4) is 0 Å². The number of nitrogens with zero attached hydrogens (tertiary/aromatic N) is 1. The Labute approximate surface area is 199 Å². The maximum Gasteiger partial charge on any atom is 0.333 e. The second-order valence-corrected chi connectivity index (χ2v) is 10.3. The molecule has 0 saturated heterocycles. The minimum absolute atomic E-state index is 0.0203. The van der Waals surface area contributed by atoms with Gasteiger partial charge in [0, 0.05) is 5.02 Å². The third-order valence-electron chi connectivity index (χ3n) is 5.72. The summed E-state index contributed by atoms with van der Waals surface area (Å²) in [6, 6.07) is 18.4. The molecule has 1 heterocycles. The molecule has 0 fully saturated rings. The van der Waals surface area contributed by atoms with Gasteiger partial charge in [0.25, 0.3) is 0 Å². The number of carboxylic acid groups (broad SMARTS) is 1. The Hall–Kier alpha value is -2.87. The lowest BCUT2D eigenvalue weighted by atomic mass is 9.87. The summed E-state index contributed by atoms with van der Waals surface area (Å²) >= 11 is 6.21. The lowest BCUT2D eigenvalue weighted by Gasteiger charge is -2.40. The molecule has 2 unspecified atom stereocenters. The van der Waals surface area contributed by atoms with E-state index in [-0.39, 0.29) is 16.9 Å². The average Bonchev–Trinajstić information content (AvgIpc) is 2.78. The van der Waals surface area contributed by atoms with Gasteiger partial charge in [0.15, 0.2) is 0 Å². The normalized spacial score (nSPS) is 19.2. The second-order valence-electron chi connectivity index (χ2n) is 7.99. The number of benzene rings is 3. The van der Waals surface area contributed by atoms with E-state index in [4.69, 9.17) is 19.4 Å². The number of carboxylic acids is 1. The minimum Gasteiger partial charge on any atom is -0.478 e. The third kappa shape index (κ3) is 4.62. The van der Waals surface area contributed by atoms with Crippen molar-refractivity contribution < 1.29 is 18.3 Å². The van der Waals surface area contributed by atoms with Crippen LogP contribution in [-0.4, -0.2) is 31.6 Å². The quantitative estimate of drug-likeness (QED) is 0.555. The summed E-state index contributed by atoms with van der Waals surface area (Å²) in [5, 5.41) is 10.4. The third-order valence-corrected chi connectivity index (χ3v) is 7.84. The molecule has 1 N–H and O–H groups in total. The molecule has 5 nitrogen and oxygen atoms in total. The number of sulfonamides is 1. The largest absolute Gasteiger partial charge is 0.478 e. The number of halogens is 1. The Kier molecular flexibility index (Phi) is 6.48. The standard InChI is InChI=1S/C25H21BClNO4S/c1-16-8-10-21(11-9-16)33(31,32)28-23(17-4-2-6-19(26)14-17)13-12-22(25(29)30)24(28)18-5-3-7-20(27)15-18/h2-12,14-15,23-24H,13H2,1H3,(H,29,30). The molecule has 1 aliphatic heterocycles. The molecule has 0 bridgehead atoms. The average molecular weight is 478 g/mol. The van der Waals surface area contributed by atoms with Crippen molar-refractivity contribution in [1.29, 1.82) is 0 Å². The molecule has 0 saturated carbocycles. The molecule has 8 heteroatoms. The Morgan fingerprint density at radius 1 is 1.03 bits per heavy atom. The van der Waals surface area contributed by atoms with Crippen LogP contribution in [0.4, 0.5) is 0 Å². The van der Waals surface area contributed by atoms with Gasteiger partial charge in [0.1, 0.15) is 7.85 Å². The summed E-state index contributed by atoms with van der Waals surface area (Å²) in [5.41, 5.74) is 2.54. The van der Waals surface area contributed by atoms with Crippen molar-refractivity contribution in [2.75, 3.05) is 0 Å². The number of carbonyl (C=O) groups is 1. The van der Waals surface area contributed by atoms with Gasteiger partial charge in [-0.05, 0) is 48.7 Å². The van der Waals surface area contributed by atoms with Gasteiger partial charge in [-0.1, -0.05) is 77.2 Å². The van der Waals surface area contributed by atoms with E-state index in [2.05, 4.69) is 0 Å². The number of hydrogen-bond acceptors (Lipinski definition) is 3. The molecule has 1 aliphatic rings. The Bertz CT molecular complexity index is 1340. The molecule has 2 atom stereocenters. The van der Waals surface area contributed by atoms with Gasteiger partial charge >= 0.3 is 5.97 Å². The molecule has 166 valence electrons. The number of hydrogen-bond donors (Lipinski definition) is 1. The molecule has 0 aliphatic carbocycles. The van der Waals surface area contributed by atoms with Gasteiger partial charge in [-0.15, -0.1) is 0 Å². The summed E-state index contributed by atoms with van der Waals surface area (Å²) in [4.78, 5) is 12.3. The van der Waals surface area contributed by atoms with Crippen LogP contribution in [-0.2, 0) is 14.8 Å². The molecule has 2 radical (unpaired) electrons. The van der Waals surface area contributed by atoms with E-state index < -0.39 is 28.1 Å². The smallest absolute Gasteiger partial charge is 0.333 e. The maximum absolute atomic E-state index is 14.0. The predicted molar refractivity (Wildman–Crippen MR) is 129 cm³/mol. The zero-order chi connectivity index (χ0) is 23.8. The topological polar surface area (TPSA) is 74.7 Å². The monoisotopic (exact) mass is 477 g/mol. The van der Waals surface area contributed by atoms with E-state index in [0.29, 0.717) is 21.6 Å². The van der Waals surface area contributed by atoms with Crippen LogP contribution < -0.4 is 5.46 Å². The first kappa shape index (κ1) is 23.3. The van der Waals surface area contributed by atoms with Crippen LogP contribution >= 0.6 is 11.6 Å². The van der Waals surface area contributed by atoms with Crippen LogP contribution in [0.1, 0.15) is 35.2 Å². The fourth-order valence-electron chi connectivity index (χ4n) is 4.17. The first-order valence-electron chi connectivity index (χ1n) is 10.3. The fraction of sp³-hybridized carbons (Fsp3) is 0.160. The van der Waals surface area contributed by atoms with Gasteiger partial charge in [-0.2, -0.15) is 4.31 Å². The van der Waals surface area contributed by atoms with Crippen molar-refractivity contribution in [3.05, 3.63) is 106 Å². The first-order valence-corrected chi connectivity index (χ1v) is 12.1. The molecule has 0 aromatic heterocycles. The van der Waals surface area contributed by atoms with Crippen LogP contribution in [0.2, 0.25) is 5.02 Å². The molecule has 0 amide bonds. The van der Waals surface area contributed by atoms with Crippen molar-refractivity contribution in [3.8, 4) is 0 Å². The fourth-order valence-corrected chi connectivity index (χ4v) is 6.14.